The molecule has 4 aromatic carbocycles. The molecule has 0 saturated carbocycles. The largest absolute Gasteiger partial charge is 0.456 e. The Balaban J connectivity index is 1.51. The maximum Gasteiger partial charge on any atom is 0.261 e. The number of anilines is 2. The van der Waals surface area contributed by atoms with E-state index < -0.39 is 15.9 Å². The Bertz CT molecular complexity index is 1560. The van der Waals surface area contributed by atoms with Crippen molar-refractivity contribution in [1.82, 2.24) is 5.32 Å². The van der Waals surface area contributed by atoms with E-state index in [9.17, 15) is 13.2 Å². The number of sulfonamides is 1. The highest BCUT2D eigenvalue weighted by Gasteiger charge is 2.20. The van der Waals surface area contributed by atoms with E-state index in [0.29, 0.717) is 21.5 Å². The predicted octanol–water partition coefficient (Wildman–Crippen LogP) is 6.58. The van der Waals surface area contributed by atoms with E-state index in [0.717, 1.165) is 11.3 Å². The number of halogens is 2. The first kappa shape index (κ1) is 27.3. The van der Waals surface area contributed by atoms with Crippen LogP contribution >= 0.6 is 23.2 Å². The van der Waals surface area contributed by atoms with Crippen molar-refractivity contribution < 1.29 is 17.9 Å². The average molecular weight is 570 g/mol. The molecular weight excluding hydrogens is 545 g/mol. The summed E-state index contributed by atoms with van der Waals surface area (Å²) in [6.07, 6.45) is 0. The number of para-hydroxylation sites is 2. The van der Waals surface area contributed by atoms with Gasteiger partial charge in [-0.3, -0.25) is 9.52 Å². The van der Waals surface area contributed by atoms with Crippen LogP contribution in [0.25, 0.3) is 0 Å². The smallest absolute Gasteiger partial charge is 0.261 e. The van der Waals surface area contributed by atoms with Crippen LogP contribution < -0.4 is 19.7 Å². The number of nitrogens with one attached hydrogen (secondary N) is 2. The lowest BCUT2D eigenvalue weighted by molar-refractivity contribution is 0.0952. The second-order valence-electron chi connectivity index (χ2n) is 8.51. The van der Waals surface area contributed by atoms with E-state index in [1.807, 2.05) is 43.3 Å². The molecule has 0 atom stereocenters. The van der Waals surface area contributed by atoms with E-state index in [1.54, 1.807) is 24.3 Å². The molecule has 0 fully saturated rings. The zero-order valence-electron chi connectivity index (χ0n) is 20.6. The minimum Gasteiger partial charge on any atom is -0.456 e. The van der Waals surface area contributed by atoms with Crippen LogP contribution in [0.4, 0.5) is 11.4 Å². The Labute approximate surface area is 232 Å². The van der Waals surface area contributed by atoms with Gasteiger partial charge < -0.3 is 15.0 Å². The van der Waals surface area contributed by atoms with Crippen LogP contribution in [0.15, 0.2) is 95.9 Å². The Morgan fingerprint density at radius 3 is 2.29 bits per heavy atom. The van der Waals surface area contributed by atoms with Gasteiger partial charge in [0.05, 0.1) is 21.2 Å². The number of carbonyl (C=O) groups is 1. The normalized spacial score (nSPS) is 11.1. The summed E-state index contributed by atoms with van der Waals surface area (Å²) in [5.74, 6) is 0.400. The number of amides is 1. The van der Waals surface area contributed by atoms with Crippen LogP contribution in [0.5, 0.6) is 11.5 Å². The van der Waals surface area contributed by atoms with Crippen LogP contribution in [0.3, 0.4) is 0 Å². The van der Waals surface area contributed by atoms with Crippen molar-refractivity contribution in [3.8, 4) is 11.5 Å². The van der Waals surface area contributed by atoms with Gasteiger partial charge in [-0.05, 0) is 66.2 Å². The third kappa shape index (κ3) is 6.58. The van der Waals surface area contributed by atoms with Gasteiger partial charge in [-0.25, -0.2) is 8.42 Å². The molecule has 1 amide bonds. The minimum absolute atomic E-state index is 0.00905. The van der Waals surface area contributed by atoms with Crippen molar-refractivity contribution >= 4 is 50.5 Å². The summed E-state index contributed by atoms with van der Waals surface area (Å²) in [7, 11) is -0.193. The van der Waals surface area contributed by atoms with Crippen molar-refractivity contribution in [2.24, 2.45) is 0 Å². The lowest BCUT2D eigenvalue weighted by atomic mass is 10.1. The molecule has 0 spiro atoms. The fourth-order valence-electron chi connectivity index (χ4n) is 3.71. The lowest BCUT2D eigenvalue weighted by Gasteiger charge is -2.18. The lowest BCUT2D eigenvalue weighted by Crippen LogP contribution is -2.26. The van der Waals surface area contributed by atoms with Gasteiger partial charge in [0.15, 0.2) is 0 Å². The Hall–Kier alpha value is -3.72. The van der Waals surface area contributed by atoms with E-state index in [4.69, 9.17) is 27.9 Å². The highest BCUT2D eigenvalue weighted by Crippen LogP contribution is 2.30. The molecule has 0 unspecified atom stereocenters. The van der Waals surface area contributed by atoms with Crippen molar-refractivity contribution in [1.29, 1.82) is 0 Å². The molecule has 0 aliphatic heterocycles. The van der Waals surface area contributed by atoms with Crippen LogP contribution in [-0.4, -0.2) is 28.4 Å². The average Bonchev–Trinajstić information content (AvgIpc) is 2.90. The Morgan fingerprint density at radius 2 is 1.58 bits per heavy atom. The van der Waals surface area contributed by atoms with Gasteiger partial charge in [-0.1, -0.05) is 53.5 Å². The SMILES string of the molecule is CN(C)c1ccccc1CNC(=O)c1cc(Cl)ccc1NS(=O)(=O)c1ccc(Oc2ccccc2Cl)cc1. The standard InChI is InChI=1S/C28H25Cl2N3O4S/c1-33(2)26-9-5-3-7-19(26)18-31-28(34)23-17-20(29)11-16-25(23)32-38(35,36)22-14-12-21(13-15-22)37-27-10-6-4-8-24(27)30/h3-17,32H,18H2,1-2H3,(H,31,34). The van der Waals surface area contributed by atoms with E-state index in [2.05, 4.69) is 10.0 Å². The molecule has 4 aromatic rings. The van der Waals surface area contributed by atoms with Crippen LogP contribution in [0.2, 0.25) is 10.0 Å². The van der Waals surface area contributed by atoms with Crippen molar-refractivity contribution in [3.63, 3.8) is 0 Å². The molecule has 0 aliphatic carbocycles. The zero-order valence-corrected chi connectivity index (χ0v) is 22.9. The number of rotatable bonds is 9. The summed E-state index contributed by atoms with van der Waals surface area (Å²) >= 11 is 12.3. The minimum atomic E-state index is -4.03. The van der Waals surface area contributed by atoms with Gasteiger partial charge in [0, 0.05) is 31.4 Å². The van der Waals surface area contributed by atoms with Crippen LogP contribution in [0.1, 0.15) is 15.9 Å². The Morgan fingerprint density at radius 1 is 0.895 bits per heavy atom. The van der Waals surface area contributed by atoms with Gasteiger partial charge >= 0.3 is 0 Å². The van der Waals surface area contributed by atoms with Crippen LogP contribution in [-0.2, 0) is 16.6 Å². The summed E-state index contributed by atoms with van der Waals surface area (Å²) in [5, 5.41) is 3.59. The van der Waals surface area contributed by atoms with Crippen LogP contribution in [0, 0.1) is 0 Å². The molecular formula is C28H25Cl2N3O4S. The summed E-state index contributed by atoms with van der Waals surface area (Å²) in [4.78, 5) is 15.0. The first-order chi connectivity index (χ1) is 18.1. The summed E-state index contributed by atoms with van der Waals surface area (Å²) < 4.78 is 34.5. The number of carbonyl (C=O) groups excluding carboxylic acids is 1. The van der Waals surface area contributed by atoms with Crippen molar-refractivity contribution in [3.05, 3.63) is 112 Å². The van der Waals surface area contributed by atoms with Gasteiger partial charge in [0.25, 0.3) is 15.9 Å². The highest BCUT2D eigenvalue weighted by atomic mass is 35.5. The number of hydrogen-bond acceptors (Lipinski definition) is 5. The molecule has 0 saturated heterocycles. The van der Waals surface area contributed by atoms with Crippen molar-refractivity contribution in [2.45, 2.75) is 11.4 Å². The number of nitrogens with zero attached hydrogens (tertiary/aromatic N) is 1. The monoisotopic (exact) mass is 569 g/mol. The fraction of sp³-hybridized carbons (Fsp3) is 0.107. The second kappa shape index (κ2) is 11.8. The topological polar surface area (TPSA) is 87.7 Å². The van der Waals surface area contributed by atoms with Gasteiger partial charge in [-0.15, -0.1) is 0 Å². The summed E-state index contributed by atoms with van der Waals surface area (Å²) in [5.41, 5.74) is 2.07. The van der Waals surface area contributed by atoms with E-state index in [-0.39, 0.29) is 22.7 Å². The molecule has 196 valence electrons. The number of ether oxygens (including phenoxy) is 1. The summed E-state index contributed by atoms with van der Waals surface area (Å²) in [6.45, 7) is 0.249. The maximum absolute atomic E-state index is 13.1. The molecule has 0 bridgehead atoms. The molecule has 0 aliphatic rings. The number of hydrogen-bond donors (Lipinski definition) is 2. The highest BCUT2D eigenvalue weighted by molar-refractivity contribution is 7.92. The predicted molar refractivity (Wildman–Crippen MR) is 152 cm³/mol. The first-order valence-corrected chi connectivity index (χ1v) is 13.8. The first-order valence-electron chi connectivity index (χ1n) is 11.5. The van der Waals surface area contributed by atoms with Crippen molar-refractivity contribution in [2.75, 3.05) is 23.7 Å². The summed E-state index contributed by atoms with van der Waals surface area (Å²) in [6, 6.07) is 24.9. The second-order valence-corrected chi connectivity index (χ2v) is 11.0. The number of benzene rings is 4. The van der Waals surface area contributed by atoms with Gasteiger partial charge in [0.2, 0.25) is 0 Å². The fourth-order valence-corrected chi connectivity index (χ4v) is 5.13. The molecule has 0 aromatic heterocycles. The Kier molecular flexibility index (Phi) is 8.46. The third-order valence-electron chi connectivity index (χ3n) is 5.58. The third-order valence-corrected chi connectivity index (χ3v) is 7.51. The molecule has 0 radical (unpaired) electrons. The van der Waals surface area contributed by atoms with E-state index >= 15 is 0 Å². The zero-order chi connectivity index (χ0) is 27.3. The molecule has 2 N–H and O–H groups in total. The molecule has 4 rings (SSSR count). The molecule has 7 nitrogen and oxygen atoms in total. The maximum atomic E-state index is 13.1. The van der Waals surface area contributed by atoms with Gasteiger partial charge in [-0.2, -0.15) is 0 Å². The molecule has 10 heteroatoms. The molecule has 38 heavy (non-hydrogen) atoms. The molecule has 0 heterocycles. The quantitative estimate of drug-likeness (QED) is 0.237. The van der Waals surface area contributed by atoms with E-state index in [1.165, 1.54) is 42.5 Å². The van der Waals surface area contributed by atoms with Gasteiger partial charge in [0.1, 0.15) is 11.5 Å².